The van der Waals surface area contributed by atoms with Crippen LogP contribution >= 0.6 is 0 Å². The Labute approximate surface area is 90.9 Å². The zero-order valence-corrected chi connectivity index (χ0v) is 9.21. The van der Waals surface area contributed by atoms with Gasteiger partial charge in [-0.3, -0.25) is 0 Å². The van der Waals surface area contributed by atoms with Gasteiger partial charge in [-0.05, 0) is 25.5 Å². The maximum atomic E-state index is 5.54. The molecule has 0 unspecified atom stereocenters. The summed E-state index contributed by atoms with van der Waals surface area (Å²) in [5.74, 6) is 7.29. The first-order valence-electron chi connectivity index (χ1n) is 5.09. The van der Waals surface area contributed by atoms with Gasteiger partial charge in [0.15, 0.2) is 11.6 Å². The fraction of sp³-hybridized carbons (Fsp3) is 0.417. The lowest BCUT2D eigenvalue weighted by Crippen LogP contribution is -2.05. The zero-order chi connectivity index (χ0) is 10.9. The molecule has 0 saturated carbocycles. The molecule has 0 aliphatic heterocycles. The summed E-state index contributed by atoms with van der Waals surface area (Å²) in [5.41, 5.74) is 0. The lowest BCUT2D eigenvalue weighted by Gasteiger charge is -2.09. The molecule has 0 spiro atoms. The minimum atomic E-state index is 0.593. The maximum absolute atomic E-state index is 5.54. The Morgan fingerprint density at radius 3 is 3.13 bits per heavy atom. The third-order valence-electron chi connectivity index (χ3n) is 1.75. The van der Waals surface area contributed by atoms with Crippen LogP contribution in [0, 0.1) is 11.8 Å². The number of hydrogen-bond acceptors (Lipinski definition) is 3. The Kier molecular flexibility index (Phi) is 5.10. The number of aromatic nitrogens is 1. The second kappa shape index (κ2) is 6.72. The second-order valence-corrected chi connectivity index (χ2v) is 2.98. The van der Waals surface area contributed by atoms with Crippen LogP contribution in [-0.2, 0) is 0 Å². The summed E-state index contributed by atoms with van der Waals surface area (Å²) in [6, 6.07) is 3.77. The number of nitrogens with zero attached hydrogens (tertiary/aromatic N) is 1. The molecule has 3 heteroatoms. The molecule has 0 saturated heterocycles. The molecule has 0 fully saturated rings. The Morgan fingerprint density at radius 2 is 2.40 bits per heavy atom. The van der Waals surface area contributed by atoms with Gasteiger partial charge in [0.1, 0.15) is 0 Å². The summed E-state index contributed by atoms with van der Waals surface area (Å²) < 4.78 is 5.54. The van der Waals surface area contributed by atoms with Crippen LogP contribution in [0.3, 0.4) is 0 Å². The quantitative estimate of drug-likeness (QED) is 0.747. The first kappa shape index (κ1) is 11.4. The predicted octanol–water partition coefficient (Wildman–Crippen LogP) is 2.31. The standard InChI is InChI=1S/C12H16N2O/c1-3-5-8-13-12-11(15-10-4-2)7-6-9-14-12/h6-7,9H,4,8,10H2,1-2H3,(H,13,14). The maximum Gasteiger partial charge on any atom is 0.169 e. The van der Waals surface area contributed by atoms with Crippen LogP contribution in [0.15, 0.2) is 18.3 Å². The molecule has 80 valence electrons. The zero-order valence-electron chi connectivity index (χ0n) is 9.21. The largest absolute Gasteiger partial charge is 0.490 e. The van der Waals surface area contributed by atoms with E-state index >= 15 is 0 Å². The average Bonchev–Trinajstić information content (AvgIpc) is 2.28. The van der Waals surface area contributed by atoms with Gasteiger partial charge in [0.2, 0.25) is 0 Å². The summed E-state index contributed by atoms with van der Waals surface area (Å²) in [6.07, 6.45) is 2.73. The number of anilines is 1. The van der Waals surface area contributed by atoms with Gasteiger partial charge in [0.05, 0.1) is 13.2 Å². The second-order valence-electron chi connectivity index (χ2n) is 2.98. The Balaban J connectivity index is 2.62. The molecular weight excluding hydrogens is 188 g/mol. The van der Waals surface area contributed by atoms with E-state index in [1.807, 2.05) is 19.1 Å². The fourth-order valence-corrected chi connectivity index (χ4v) is 1.07. The molecule has 0 aliphatic carbocycles. The van der Waals surface area contributed by atoms with E-state index in [9.17, 15) is 0 Å². The molecular formula is C12H16N2O. The van der Waals surface area contributed by atoms with Gasteiger partial charge in [-0.25, -0.2) is 4.98 Å². The molecule has 1 rings (SSSR count). The molecule has 0 bridgehead atoms. The van der Waals surface area contributed by atoms with Crippen molar-refractivity contribution in [2.24, 2.45) is 0 Å². The number of hydrogen-bond donors (Lipinski definition) is 1. The Morgan fingerprint density at radius 1 is 1.53 bits per heavy atom. The highest BCUT2D eigenvalue weighted by atomic mass is 16.5. The topological polar surface area (TPSA) is 34.2 Å². The van der Waals surface area contributed by atoms with Crippen LogP contribution in [-0.4, -0.2) is 18.1 Å². The van der Waals surface area contributed by atoms with E-state index in [1.165, 1.54) is 0 Å². The van der Waals surface area contributed by atoms with Gasteiger partial charge in [-0.2, -0.15) is 0 Å². The predicted molar refractivity (Wildman–Crippen MR) is 62.0 cm³/mol. The number of ether oxygens (including phenoxy) is 1. The average molecular weight is 204 g/mol. The number of pyridine rings is 1. The summed E-state index contributed by atoms with van der Waals surface area (Å²) in [6.45, 7) is 5.19. The third kappa shape index (κ3) is 3.90. The summed E-state index contributed by atoms with van der Waals surface area (Å²) >= 11 is 0. The summed E-state index contributed by atoms with van der Waals surface area (Å²) in [4.78, 5) is 4.20. The van der Waals surface area contributed by atoms with Crippen molar-refractivity contribution in [1.29, 1.82) is 0 Å². The molecule has 1 aromatic heterocycles. The van der Waals surface area contributed by atoms with Gasteiger partial charge >= 0.3 is 0 Å². The molecule has 0 aromatic carbocycles. The number of rotatable bonds is 5. The van der Waals surface area contributed by atoms with E-state index < -0.39 is 0 Å². The number of nitrogens with one attached hydrogen (secondary N) is 1. The Bertz CT molecular complexity index is 352. The van der Waals surface area contributed by atoms with Crippen molar-refractivity contribution in [3.8, 4) is 17.6 Å². The van der Waals surface area contributed by atoms with Crippen molar-refractivity contribution in [2.75, 3.05) is 18.5 Å². The normalized spacial score (nSPS) is 8.93. The molecule has 3 nitrogen and oxygen atoms in total. The van der Waals surface area contributed by atoms with Crippen LogP contribution < -0.4 is 10.1 Å². The van der Waals surface area contributed by atoms with Crippen molar-refractivity contribution < 1.29 is 4.74 Å². The molecule has 15 heavy (non-hydrogen) atoms. The lowest BCUT2D eigenvalue weighted by atomic mass is 10.4. The molecule has 1 N–H and O–H groups in total. The highest BCUT2D eigenvalue weighted by molar-refractivity contribution is 5.50. The van der Waals surface area contributed by atoms with Crippen molar-refractivity contribution in [1.82, 2.24) is 4.98 Å². The molecule has 0 amide bonds. The van der Waals surface area contributed by atoms with E-state index in [2.05, 4.69) is 29.1 Å². The molecule has 0 radical (unpaired) electrons. The minimum Gasteiger partial charge on any atom is -0.490 e. The van der Waals surface area contributed by atoms with Crippen LogP contribution in [0.2, 0.25) is 0 Å². The smallest absolute Gasteiger partial charge is 0.169 e. The summed E-state index contributed by atoms with van der Waals surface area (Å²) in [7, 11) is 0. The van der Waals surface area contributed by atoms with Gasteiger partial charge in [-0.15, -0.1) is 5.92 Å². The lowest BCUT2D eigenvalue weighted by molar-refractivity contribution is 0.318. The molecule has 0 atom stereocenters. The SMILES string of the molecule is CC#CCNc1ncccc1OCCC. The van der Waals surface area contributed by atoms with Crippen molar-refractivity contribution >= 4 is 5.82 Å². The highest BCUT2D eigenvalue weighted by Crippen LogP contribution is 2.20. The van der Waals surface area contributed by atoms with Crippen molar-refractivity contribution in [3.05, 3.63) is 18.3 Å². The summed E-state index contributed by atoms with van der Waals surface area (Å²) in [5, 5.41) is 3.11. The minimum absolute atomic E-state index is 0.593. The third-order valence-corrected chi connectivity index (χ3v) is 1.75. The molecule has 1 heterocycles. The van der Waals surface area contributed by atoms with Crippen LogP contribution in [0.5, 0.6) is 5.75 Å². The fourth-order valence-electron chi connectivity index (χ4n) is 1.07. The van der Waals surface area contributed by atoms with E-state index in [0.717, 1.165) is 18.0 Å². The van der Waals surface area contributed by atoms with Gasteiger partial charge in [0.25, 0.3) is 0 Å². The van der Waals surface area contributed by atoms with E-state index in [4.69, 9.17) is 4.74 Å². The van der Waals surface area contributed by atoms with Crippen LogP contribution in [0.25, 0.3) is 0 Å². The van der Waals surface area contributed by atoms with Gasteiger partial charge < -0.3 is 10.1 Å². The van der Waals surface area contributed by atoms with E-state index in [-0.39, 0.29) is 0 Å². The van der Waals surface area contributed by atoms with E-state index in [0.29, 0.717) is 13.2 Å². The highest BCUT2D eigenvalue weighted by Gasteiger charge is 2.01. The molecule has 1 aromatic rings. The molecule has 0 aliphatic rings. The monoisotopic (exact) mass is 204 g/mol. The van der Waals surface area contributed by atoms with Crippen LogP contribution in [0.1, 0.15) is 20.3 Å². The van der Waals surface area contributed by atoms with Gasteiger partial charge in [0, 0.05) is 6.20 Å². The first-order valence-corrected chi connectivity index (χ1v) is 5.09. The Hall–Kier alpha value is -1.69. The van der Waals surface area contributed by atoms with Crippen molar-refractivity contribution in [2.45, 2.75) is 20.3 Å². The van der Waals surface area contributed by atoms with Gasteiger partial charge in [-0.1, -0.05) is 12.8 Å². The van der Waals surface area contributed by atoms with Crippen molar-refractivity contribution in [3.63, 3.8) is 0 Å². The van der Waals surface area contributed by atoms with Crippen LogP contribution in [0.4, 0.5) is 5.82 Å². The van der Waals surface area contributed by atoms with E-state index in [1.54, 1.807) is 6.20 Å². The first-order chi connectivity index (χ1) is 7.38.